The molecular formula is C12H12BrFO3. The van der Waals surface area contributed by atoms with Gasteiger partial charge in [-0.2, -0.15) is 0 Å². The Hall–Kier alpha value is -0.780. The number of rotatable bonds is 2. The smallest absolute Gasteiger partial charge is 0.191 e. The summed E-state index contributed by atoms with van der Waals surface area (Å²) in [4.78, 5) is 10.8. The summed E-state index contributed by atoms with van der Waals surface area (Å²) in [6.07, 6.45) is 1.31. The van der Waals surface area contributed by atoms with Crippen LogP contribution in [0.4, 0.5) is 4.39 Å². The molecule has 0 amide bonds. The molecule has 0 atom stereocenters. The summed E-state index contributed by atoms with van der Waals surface area (Å²) in [5.41, 5.74) is 0.626. The summed E-state index contributed by atoms with van der Waals surface area (Å²) in [5.74, 6) is -1.48. The molecule has 0 spiro atoms. The molecule has 0 N–H and O–H groups in total. The van der Waals surface area contributed by atoms with Crippen molar-refractivity contribution in [3.8, 4) is 0 Å². The minimum absolute atomic E-state index is 0.00614. The van der Waals surface area contributed by atoms with E-state index in [0.29, 0.717) is 25.1 Å². The fourth-order valence-corrected chi connectivity index (χ4v) is 2.23. The molecule has 0 bridgehead atoms. The molecule has 1 aliphatic rings. The maximum Gasteiger partial charge on any atom is 0.191 e. The largest absolute Gasteiger partial charge is 0.346 e. The van der Waals surface area contributed by atoms with Gasteiger partial charge < -0.3 is 9.47 Å². The fraction of sp³-hybridized carbons (Fsp3) is 0.417. The topological polar surface area (TPSA) is 35.5 Å². The first-order valence-electron chi connectivity index (χ1n) is 5.29. The highest BCUT2D eigenvalue weighted by Crippen LogP contribution is 2.33. The van der Waals surface area contributed by atoms with Crippen LogP contribution in [0.5, 0.6) is 0 Å². The third-order valence-electron chi connectivity index (χ3n) is 2.75. The maximum absolute atomic E-state index is 13.5. The Morgan fingerprint density at radius 2 is 2.06 bits per heavy atom. The summed E-state index contributed by atoms with van der Waals surface area (Å²) in [7, 11) is 0. The summed E-state index contributed by atoms with van der Waals surface area (Å²) in [5, 5.41) is 0. The van der Waals surface area contributed by atoms with Crippen LogP contribution in [0.3, 0.4) is 0 Å². The van der Waals surface area contributed by atoms with Crippen LogP contribution in [0.1, 0.15) is 29.3 Å². The lowest BCUT2D eigenvalue weighted by atomic mass is 10.0. The molecule has 17 heavy (non-hydrogen) atoms. The van der Waals surface area contributed by atoms with E-state index >= 15 is 0 Å². The highest BCUT2D eigenvalue weighted by molar-refractivity contribution is 9.10. The van der Waals surface area contributed by atoms with Crippen molar-refractivity contribution in [1.82, 2.24) is 0 Å². The lowest BCUT2D eigenvalue weighted by Gasteiger charge is -2.34. The Bertz CT molecular complexity index is 442. The Morgan fingerprint density at radius 1 is 1.41 bits per heavy atom. The fourth-order valence-electron chi connectivity index (χ4n) is 1.76. The van der Waals surface area contributed by atoms with E-state index in [-0.39, 0.29) is 10.0 Å². The average Bonchev–Trinajstić information content (AvgIpc) is 2.33. The lowest BCUT2D eigenvalue weighted by molar-refractivity contribution is -0.264. The number of hydrogen-bond acceptors (Lipinski definition) is 3. The van der Waals surface area contributed by atoms with Gasteiger partial charge in [0.2, 0.25) is 0 Å². The van der Waals surface area contributed by atoms with Crippen LogP contribution < -0.4 is 0 Å². The van der Waals surface area contributed by atoms with Gasteiger partial charge >= 0.3 is 0 Å². The molecule has 1 aromatic rings. The molecule has 92 valence electrons. The van der Waals surface area contributed by atoms with Crippen LogP contribution in [0.2, 0.25) is 0 Å². The lowest BCUT2D eigenvalue weighted by Crippen LogP contribution is -2.35. The first kappa shape index (κ1) is 12.7. The van der Waals surface area contributed by atoms with Gasteiger partial charge in [-0.05, 0) is 41.4 Å². The van der Waals surface area contributed by atoms with Crippen LogP contribution in [0, 0.1) is 5.82 Å². The number of benzene rings is 1. The van der Waals surface area contributed by atoms with Crippen molar-refractivity contribution >= 4 is 22.2 Å². The highest BCUT2D eigenvalue weighted by Gasteiger charge is 2.32. The SMILES string of the molecule is CC1(c2cc(Br)c(F)c(C=O)c2)OCCCO1. The van der Waals surface area contributed by atoms with Crippen LogP contribution in [-0.2, 0) is 15.3 Å². The average molecular weight is 303 g/mol. The molecular weight excluding hydrogens is 291 g/mol. The molecule has 3 nitrogen and oxygen atoms in total. The van der Waals surface area contributed by atoms with Gasteiger partial charge in [0.05, 0.1) is 23.2 Å². The molecule has 2 rings (SSSR count). The first-order valence-corrected chi connectivity index (χ1v) is 6.09. The number of aldehydes is 1. The Morgan fingerprint density at radius 3 is 2.65 bits per heavy atom. The van der Waals surface area contributed by atoms with Crippen molar-refractivity contribution in [2.75, 3.05) is 13.2 Å². The summed E-state index contributed by atoms with van der Waals surface area (Å²) >= 11 is 3.08. The van der Waals surface area contributed by atoms with E-state index in [1.807, 2.05) is 0 Å². The first-order chi connectivity index (χ1) is 8.07. The van der Waals surface area contributed by atoms with E-state index < -0.39 is 11.6 Å². The number of ether oxygens (including phenoxy) is 2. The Labute approximate surface area is 107 Å². The maximum atomic E-state index is 13.5. The normalized spacial score (nSPS) is 19.0. The standard InChI is InChI=1S/C12H12BrFO3/c1-12(16-3-2-4-17-12)9-5-8(7-15)11(14)10(13)6-9/h5-7H,2-4H2,1H3. The van der Waals surface area contributed by atoms with Crippen molar-refractivity contribution in [3.63, 3.8) is 0 Å². The van der Waals surface area contributed by atoms with Crippen molar-refractivity contribution in [2.24, 2.45) is 0 Å². The second-order valence-electron chi connectivity index (χ2n) is 3.98. The third-order valence-corrected chi connectivity index (χ3v) is 3.33. The van der Waals surface area contributed by atoms with Gasteiger partial charge in [0.15, 0.2) is 12.1 Å². The molecule has 1 fully saturated rings. The van der Waals surface area contributed by atoms with Crippen molar-refractivity contribution in [3.05, 3.63) is 33.5 Å². The van der Waals surface area contributed by atoms with E-state index in [4.69, 9.17) is 9.47 Å². The van der Waals surface area contributed by atoms with Crippen LogP contribution in [0.15, 0.2) is 16.6 Å². The molecule has 1 heterocycles. The van der Waals surface area contributed by atoms with E-state index in [1.54, 1.807) is 13.0 Å². The molecule has 0 aliphatic carbocycles. The zero-order valence-electron chi connectivity index (χ0n) is 9.33. The number of hydrogen-bond donors (Lipinski definition) is 0. The molecule has 1 saturated heterocycles. The second kappa shape index (κ2) is 4.84. The summed E-state index contributed by atoms with van der Waals surface area (Å²) in [6.45, 7) is 2.93. The van der Waals surface area contributed by atoms with E-state index in [2.05, 4.69) is 15.9 Å². The summed E-state index contributed by atoms with van der Waals surface area (Å²) < 4.78 is 24.9. The predicted octanol–water partition coefficient (Wildman–Crippen LogP) is 3.01. The monoisotopic (exact) mass is 302 g/mol. The number of halogens is 2. The second-order valence-corrected chi connectivity index (χ2v) is 4.83. The molecule has 0 unspecified atom stereocenters. The van der Waals surface area contributed by atoms with E-state index in [1.165, 1.54) is 6.07 Å². The molecule has 0 aromatic heterocycles. The van der Waals surface area contributed by atoms with Gasteiger partial charge in [0.25, 0.3) is 0 Å². The van der Waals surface area contributed by atoms with Crippen LogP contribution in [-0.4, -0.2) is 19.5 Å². The van der Waals surface area contributed by atoms with Gasteiger partial charge in [-0.25, -0.2) is 4.39 Å². The van der Waals surface area contributed by atoms with Crippen LogP contribution >= 0.6 is 15.9 Å². The number of carbonyl (C=O) groups excluding carboxylic acids is 1. The Balaban J connectivity index is 2.44. The van der Waals surface area contributed by atoms with Crippen molar-refractivity contribution in [2.45, 2.75) is 19.1 Å². The van der Waals surface area contributed by atoms with Gasteiger partial charge in [0.1, 0.15) is 5.82 Å². The summed E-state index contributed by atoms with van der Waals surface area (Å²) in [6, 6.07) is 3.03. The van der Waals surface area contributed by atoms with E-state index in [0.717, 1.165) is 6.42 Å². The molecule has 0 saturated carbocycles. The third kappa shape index (κ3) is 2.41. The van der Waals surface area contributed by atoms with Gasteiger partial charge in [0, 0.05) is 5.56 Å². The van der Waals surface area contributed by atoms with Gasteiger partial charge in [-0.1, -0.05) is 0 Å². The molecule has 1 aromatic carbocycles. The van der Waals surface area contributed by atoms with Crippen molar-refractivity contribution in [1.29, 1.82) is 0 Å². The Kier molecular flexibility index (Phi) is 3.61. The van der Waals surface area contributed by atoms with Gasteiger partial charge in [-0.3, -0.25) is 4.79 Å². The van der Waals surface area contributed by atoms with Crippen LogP contribution in [0.25, 0.3) is 0 Å². The quantitative estimate of drug-likeness (QED) is 0.788. The van der Waals surface area contributed by atoms with Gasteiger partial charge in [-0.15, -0.1) is 0 Å². The molecule has 0 radical (unpaired) electrons. The predicted molar refractivity (Wildman–Crippen MR) is 63.4 cm³/mol. The highest BCUT2D eigenvalue weighted by atomic mass is 79.9. The minimum atomic E-state index is -0.910. The van der Waals surface area contributed by atoms with Crippen molar-refractivity contribution < 1.29 is 18.7 Å². The zero-order valence-corrected chi connectivity index (χ0v) is 10.9. The molecule has 5 heteroatoms. The molecule has 1 aliphatic heterocycles. The van der Waals surface area contributed by atoms with E-state index in [9.17, 15) is 9.18 Å². The number of carbonyl (C=O) groups is 1. The zero-order chi connectivity index (χ0) is 12.5. The minimum Gasteiger partial charge on any atom is -0.346 e.